The van der Waals surface area contributed by atoms with Gasteiger partial charge in [0.15, 0.2) is 5.76 Å². The summed E-state index contributed by atoms with van der Waals surface area (Å²) < 4.78 is 10.5. The second kappa shape index (κ2) is 7.13. The Labute approximate surface area is 132 Å². The molecular weight excluding hydrogens is 306 g/mol. The average Bonchev–Trinajstić information content (AvgIpc) is 2.47. The van der Waals surface area contributed by atoms with Crippen LogP contribution in [0.15, 0.2) is 45.8 Å². The first-order valence-corrected chi connectivity index (χ1v) is 7.14. The van der Waals surface area contributed by atoms with E-state index in [1.54, 1.807) is 24.3 Å². The molecule has 0 fully saturated rings. The summed E-state index contributed by atoms with van der Waals surface area (Å²) in [5.41, 5.74) is 0.458. The fourth-order valence-corrected chi connectivity index (χ4v) is 1.82. The van der Waals surface area contributed by atoms with Crippen molar-refractivity contribution in [1.82, 2.24) is 5.32 Å². The first kappa shape index (κ1) is 16.1. The Balaban J connectivity index is 2.05. The molecule has 22 heavy (non-hydrogen) atoms. The third-order valence-electron chi connectivity index (χ3n) is 2.75. The Bertz CT molecular complexity index is 707. The molecule has 116 valence electrons. The smallest absolute Gasteiger partial charge is 0.287 e. The molecule has 0 spiro atoms. The summed E-state index contributed by atoms with van der Waals surface area (Å²) >= 11 is 5.79. The van der Waals surface area contributed by atoms with Crippen LogP contribution in [-0.2, 0) is 6.61 Å². The number of hydrogen-bond acceptors (Lipinski definition) is 4. The molecular formula is C16H16ClNO4. The number of halogens is 1. The van der Waals surface area contributed by atoms with Gasteiger partial charge < -0.3 is 14.5 Å². The summed E-state index contributed by atoms with van der Waals surface area (Å²) in [4.78, 5) is 23.7. The fourth-order valence-electron chi connectivity index (χ4n) is 1.70. The second-order valence-corrected chi connectivity index (χ2v) is 5.45. The largest absolute Gasteiger partial charge is 0.482 e. The molecule has 6 heteroatoms. The van der Waals surface area contributed by atoms with Crippen LogP contribution in [0.5, 0.6) is 5.75 Å². The fraction of sp³-hybridized carbons (Fsp3) is 0.250. The number of carbonyl (C=O) groups is 1. The summed E-state index contributed by atoms with van der Waals surface area (Å²) in [6.45, 7) is 3.85. The van der Waals surface area contributed by atoms with Gasteiger partial charge in [0.1, 0.15) is 12.9 Å². The van der Waals surface area contributed by atoms with Gasteiger partial charge in [0.2, 0.25) is 11.2 Å². The molecule has 0 saturated carbocycles. The molecule has 0 aliphatic heterocycles. The van der Waals surface area contributed by atoms with Crippen LogP contribution in [0, 0.1) is 0 Å². The monoisotopic (exact) mass is 321 g/mol. The van der Waals surface area contributed by atoms with Gasteiger partial charge in [-0.1, -0.05) is 23.7 Å². The van der Waals surface area contributed by atoms with Crippen LogP contribution in [0.2, 0.25) is 5.02 Å². The molecule has 1 aromatic heterocycles. The zero-order valence-corrected chi connectivity index (χ0v) is 13.0. The number of benzene rings is 1. The molecule has 0 aliphatic carbocycles. The zero-order valence-electron chi connectivity index (χ0n) is 12.3. The predicted molar refractivity (Wildman–Crippen MR) is 83.4 cm³/mol. The van der Waals surface area contributed by atoms with Gasteiger partial charge in [0.05, 0.1) is 0 Å². The van der Waals surface area contributed by atoms with Crippen LogP contribution in [0.4, 0.5) is 0 Å². The van der Waals surface area contributed by atoms with Crippen molar-refractivity contribution in [1.29, 1.82) is 0 Å². The van der Waals surface area contributed by atoms with Crippen LogP contribution in [0.25, 0.3) is 0 Å². The minimum absolute atomic E-state index is 0.0429. The summed E-state index contributed by atoms with van der Waals surface area (Å²) in [6, 6.07) is 8.15. The van der Waals surface area contributed by atoms with Gasteiger partial charge in [-0.15, -0.1) is 0 Å². The van der Waals surface area contributed by atoms with Crippen molar-refractivity contribution in [2.45, 2.75) is 26.5 Å². The Kier molecular flexibility index (Phi) is 5.22. The van der Waals surface area contributed by atoms with Gasteiger partial charge in [0, 0.05) is 17.1 Å². The lowest BCUT2D eigenvalue weighted by Crippen LogP contribution is -2.30. The van der Waals surface area contributed by atoms with Gasteiger partial charge in [-0.2, -0.15) is 0 Å². The maximum Gasteiger partial charge on any atom is 0.287 e. The highest BCUT2D eigenvalue weighted by Gasteiger charge is 2.12. The van der Waals surface area contributed by atoms with Crippen LogP contribution in [0.3, 0.4) is 0 Å². The highest BCUT2D eigenvalue weighted by molar-refractivity contribution is 6.30. The minimum atomic E-state index is -0.434. The SMILES string of the molecule is CC(C)NC(=O)c1cc(=O)c(OCc2ccc(Cl)cc2)co1. The Morgan fingerprint density at radius 1 is 1.32 bits per heavy atom. The summed E-state index contributed by atoms with van der Waals surface area (Å²) in [5, 5.41) is 3.27. The average molecular weight is 322 g/mol. The first-order valence-electron chi connectivity index (χ1n) is 6.76. The predicted octanol–water partition coefficient (Wildman–Crippen LogP) is 3.01. The lowest BCUT2D eigenvalue weighted by atomic mass is 10.2. The molecule has 0 aliphatic rings. The van der Waals surface area contributed by atoms with Crippen molar-refractivity contribution in [3.05, 3.63) is 63.2 Å². The lowest BCUT2D eigenvalue weighted by molar-refractivity contribution is 0.0911. The number of rotatable bonds is 5. The molecule has 0 saturated heterocycles. The number of carbonyl (C=O) groups excluding carboxylic acids is 1. The standard InChI is InChI=1S/C16H16ClNO4/c1-10(2)18-16(20)14-7-13(19)15(9-22-14)21-8-11-3-5-12(17)6-4-11/h3-7,9-10H,8H2,1-2H3,(H,18,20). The summed E-state index contributed by atoms with van der Waals surface area (Å²) in [6.07, 6.45) is 1.15. The Morgan fingerprint density at radius 2 is 2.00 bits per heavy atom. The number of hydrogen-bond donors (Lipinski definition) is 1. The van der Waals surface area contributed by atoms with Crippen molar-refractivity contribution >= 4 is 17.5 Å². The van der Waals surface area contributed by atoms with E-state index in [-0.39, 0.29) is 24.2 Å². The first-order chi connectivity index (χ1) is 10.5. The molecule has 1 heterocycles. The normalized spacial score (nSPS) is 10.5. The minimum Gasteiger partial charge on any atom is -0.482 e. The molecule has 1 N–H and O–H groups in total. The van der Waals surface area contributed by atoms with E-state index in [0.29, 0.717) is 5.02 Å². The quantitative estimate of drug-likeness (QED) is 0.919. The van der Waals surface area contributed by atoms with Gasteiger partial charge >= 0.3 is 0 Å². The van der Waals surface area contributed by atoms with E-state index in [1.807, 2.05) is 13.8 Å². The topological polar surface area (TPSA) is 68.5 Å². The summed E-state index contributed by atoms with van der Waals surface area (Å²) in [7, 11) is 0. The Hall–Kier alpha value is -2.27. The third kappa shape index (κ3) is 4.36. The summed E-state index contributed by atoms with van der Waals surface area (Å²) in [5.74, 6) is -0.426. The molecule has 0 unspecified atom stereocenters. The van der Waals surface area contributed by atoms with Crippen molar-refractivity contribution < 1.29 is 13.9 Å². The third-order valence-corrected chi connectivity index (χ3v) is 3.00. The van der Waals surface area contributed by atoms with Gasteiger partial charge in [-0.05, 0) is 31.5 Å². The van der Waals surface area contributed by atoms with Crippen molar-refractivity contribution in [3.8, 4) is 5.75 Å². The molecule has 1 amide bonds. The maximum atomic E-state index is 11.9. The second-order valence-electron chi connectivity index (χ2n) is 5.02. The number of amides is 1. The highest BCUT2D eigenvalue weighted by atomic mass is 35.5. The van der Waals surface area contributed by atoms with E-state index >= 15 is 0 Å². The zero-order chi connectivity index (χ0) is 16.1. The molecule has 0 radical (unpaired) electrons. The van der Waals surface area contributed by atoms with E-state index in [1.165, 1.54) is 0 Å². The van der Waals surface area contributed by atoms with Crippen molar-refractivity contribution in [2.75, 3.05) is 0 Å². The van der Waals surface area contributed by atoms with E-state index in [4.69, 9.17) is 20.8 Å². The highest BCUT2D eigenvalue weighted by Crippen LogP contribution is 2.12. The molecule has 1 aromatic carbocycles. The van der Waals surface area contributed by atoms with Crippen LogP contribution in [-0.4, -0.2) is 11.9 Å². The van der Waals surface area contributed by atoms with E-state index < -0.39 is 11.3 Å². The molecule has 0 atom stereocenters. The van der Waals surface area contributed by atoms with Gasteiger partial charge in [-0.25, -0.2) is 0 Å². The number of nitrogens with one attached hydrogen (secondary N) is 1. The lowest BCUT2D eigenvalue weighted by Gasteiger charge is -2.08. The van der Waals surface area contributed by atoms with Crippen LogP contribution >= 0.6 is 11.6 Å². The van der Waals surface area contributed by atoms with E-state index in [2.05, 4.69) is 5.32 Å². The van der Waals surface area contributed by atoms with E-state index in [0.717, 1.165) is 17.9 Å². The maximum absolute atomic E-state index is 11.9. The van der Waals surface area contributed by atoms with E-state index in [9.17, 15) is 9.59 Å². The van der Waals surface area contributed by atoms with Gasteiger partial charge in [-0.3, -0.25) is 9.59 Å². The number of ether oxygens (including phenoxy) is 1. The van der Waals surface area contributed by atoms with Crippen molar-refractivity contribution in [3.63, 3.8) is 0 Å². The van der Waals surface area contributed by atoms with Crippen LogP contribution in [0.1, 0.15) is 30.0 Å². The molecule has 2 rings (SSSR count). The van der Waals surface area contributed by atoms with Crippen molar-refractivity contribution in [2.24, 2.45) is 0 Å². The molecule has 5 nitrogen and oxygen atoms in total. The molecule has 2 aromatic rings. The van der Waals surface area contributed by atoms with Crippen LogP contribution < -0.4 is 15.5 Å². The molecule has 0 bridgehead atoms. The Morgan fingerprint density at radius 3 is 2.59 bits per heavy atom. The van der Waals surface area contributed by atoms with Gasteiger partial charge in [0.25, 0.3) is 5.91 Å².